The zero-order valence-corrected chi connectivity index (χ0v) is 17.8. The highest BCUT2D eigenvalue weighted by atomic mass is 16.5. The van der Waals surface area contributed by atoms with E-state index in [0.717, 1.165) is 58.3 Å². The monoisotopic (exact) mass is 411 g/mol. The van der Waals surface area contributed by atoms with Crippen LogP contribution in [-0.4, -0.2) is 16.7 Å². The summed E-state index contributed by atoms with van der Waals surface area (Å²) in [5, 5.41) is 11.2. The molecule has 0 spiro atoms. The van der Waals surface area contributed by atoms with Crippen LogP contribution >= 0.6 is 0 Å². The normalized spacial score (nSPS) is 14.6. The van der Waals surface area contributed by atoms with Gasteiger partial charge in [-0.2, -0.15) is 0 Å². The maximum absolute atomic E-state index is 8.98. The van der Waals surface area contributed by atoms with Gasteiger partial charge < -0.3 is 14.0 Å². The summed E-state index contributed by atoms with van der Waals surface area (Å²) >= 11 is 0. The molecule has 0 amide bonds. The van der Waals surface area contributed by atoms with Crippen LogP contribution in [-0.2, 0) is 6.54 Å². The van der Waals surface area contributed by atoms with E-state index in [1.165, 1.54) is 0 Å². The number of aromatic nitrogens is 2. The van der Waals surface area contributed by atoms with Crippen LogP contribution in [0.5, 0.6) is 17.4 Å². The second kappa shape index (κ2) is 7.91. The third kappa shape index (κ3) is 3.26. The van der Waals surface area contributed by atoms with Crippen LogP contribution in [0.25, 0.3) is 10.8 Å². The highest BCUT2D eigenvalue weighted by Gasteiger charge is 2.33. The van der Waals surface area contributed by atoms with Gasteiger partial charge in [0.2, 0.25) is 5.88 Å². The van der Waals surface area contributed by atoms with E-state index in [1.54, 1.807) is 13.4 Å². The molecular formula is C26H25N3O2. The Morgan fingerprint density at radius 2 is 1.87 bits per heavy atom. The van der Waals surface area contributed by atoms with E-state index in [2.05, 4.69) is 48.3 Å². The molecule has 1 aliphatic rings. The Balaban J connectivity index is 1.76. The van der Waals surface area contributed by atoms with Crippen molar-refractivity contribution in [3.63, 3.8) is 0 Å². The van der Waals surface area contributed by atoms with Gasteiger partial charge in [-0.3, -0.25) is 5.41 Å². The van der Waals surface area contributed by atoms with Gasteiger partial charge in [-0.15, -0.1) is 0 Å². The third-order valence-electron chi connectivity index (χ3n) is 6.00. The number of fused-ring (bicyclic) bond motifs is 4. The number of nitrogens with one attached hydrogen (secondary N) is 1. The Morgan fingerprint density at radius 3 is 2.65 bits per heavy atom. The first-order valence-electron chi connectivity index (χ1n) is 10.7. The van der Waals surface area contributed by atoms with Crippen LogP contribution in [0, 0.1) is 5.41 Å². The molecule has 0 unspecified atom stereocenters. The molecule has 0 fully saturated rings. The average molecular weight is 412 g/mol. The van der Waals surface area contributed by atoms with Crippen molar-refractivity contribution in [3.8, 4) is 17.4 Å². The van der Waals surface area contributed by atoms with Crippen molar-refractivity contribution < 1.29 is 9.47 Å². The fourth-order valence-corrected chi connectivity index (χ4v) is 4.34. The Bertz CT molecular complexity index is 1310. The van der Waals surface area contributed by atoms with E-state index in [-0.39, 0.29) is 5.92 Å². The minimum absolute atomic E-state index is 0.136. The first-order chi connectivity index (χ1) is 15.2. The number of nitrogens with zero attached hydrogens (tertiary/aromatic N) is 2. The minimum atomic E-state index is -0.136. The molecule has 5 rings (SSSR count). The van der Waals surface area contributed by atoms with E-state index < -0.39 is 0 Å². The van der Waals surface area contributed by atoms with Gasteiger partial charge >= 0.3 is 0 Å². The molecule has 5 nitrogen and oxygen atoms in total. The summed E-state index contributed by atoms with van der Waals surface area (Å²) in [6.07, 6.45) is 3.81. The average Bonchev–Trinajstić information content (AvgIpc) is 2.82. The summed E-state index contributed by atoms with van der Waals surface area (Å²) in [4.78, 5) is 4.64. The second-order valence-corrected chi connectivity index (χ2v) is 7.87. The summed E-state index contributed by atoms with van der Waals surface area (Å²) in [5.74, 6) is 2.01. The van der Waals surface area contributed by atoms with Gasteiger partial charge in [0.25, 0.3) is 0 Å². The summed E-state index contributed by atoms with van der Waals surface area (Å²) in [6.45, 7) is 2.93. The third-order valence-corrected chi connectivity index (χ3v) is 6.00. The largest absolute Gasteiger partial charge is 0.497 e. The van der Waals surface area contributed by atoms with Gasteiger partial charge in [-0.05, 0) is 29.5 Å². The van der Waals surface area contributed by atoms with Crippen molar-refractivity contribution in [2.45, 2.75) is 32.2 Å². The van der Waals surface area contributed by atoms with Gasteiger partial charge in [-0.1, -0.05) is 61.9 Å². The standard InChI is InChI=1S/C26H25N3O2/c1-3-4-15-29-16-28-26-23(25(29)27)22(18-9-12-19(30-2)13-10-18)21-14-11-17-7-5-6-8-20(17)24(21)31-26/h5-14,16,22,27H,3-4,15H2,1-2H3/t22-/m0/s1. The molecule has 156 valence electrons. The first-order valence-corrected chi connectivity index (χ1v) is 10.7. The molecule has 1 N–H and O–H groups in total. The number of hydrogen-bond donors (Lipinski definition) is 1. The van der Waals surface area contributed by atoms with Crippen molar-refractivity contribution in [1.82, 2.24) is 9.55 Å². The predicted octanol–water partition coefficient (Wildman–Crippen LogP) is 5.61. The van der Waals surface area contributed by atoms with Gasteiger partial charge in [0.15, 0.2) is 0 Å². The van der Waals surface area contributed by atoms with Gasteiger partial charge in [0.05, 0.1) is 12.7 Å². The predicted molar refractivity (Wildman–Crippen MR) is 121 cm³/mol. The fourth-order valence-electron chi connectivity index (χ4n) is 4.34. The van der Waals surface area contributed by atoms with E-state index in [4.69, 9.17) is 14.9 Å². The highest BCUT2D eigenvalue weighted by molar-refractivity contribution is 5.91. The molecule has 3 aromatic carbocycles. The lowest BCUT2D eigenvalue weighted by atomic mass is 9.83. The van der Waals surface area contributed by atoms with Crippen LogP contribution in [0.1, 0.15) is 42.4 Å². The summed E-state index contributed by atoms with van der Waals surface area (Å²) in [7, 11) is 1.67. The number of rotatable bonds is 5. The zero-order chi connectivity index (χ0) is 21.4. The molecular weight excluding hydrogens is 386 g/mol. The first kappa shape index (κ1) is 19.4. The lowest BCUT2D eigenvalue weighted by molar-refractivity contribution is 0.414. The van der Waals surface area contributed by atoms with Crippen molar-refractivity contribution in [2.75, 3.05) is 7.11 Å². The molecule has 1 aliphatic heterocycles. The topological polar surface area (TPSA) is 60.1 Å². The molecule has 0 saturated carbocycles. The molecule has 4 aromatic rings. The van der Waals surface area contributed by atoms with Gasteiger partial charge in [0.1, 0.15) is 23.3 Å². The fraction of sp³-hybridized carbons (Fsp3) is 0.231. The van der Waals surface area contributed by atoms with E-state index >= 15 is 0 Å². The second-order valence-electron chi connectivity index (χ2n) is 7.87. The van der Waals surface area contributed by atoms with Crippen LogP contribution < -0.4 is 15.0 Å². The van der Waals surface area contributed by atoms with Crippen LogP contribution in [0.4, 0.5) is 0 Å². The summed E-state index contributed by atoms with van der Waals surface area (Å²) < 4.78 is 13.6. The Morgan fingerprint density at radius 1 is 1.06 bits per heavy atom. The maximum Gasteiger partial charge on any atom is 0.228 e. The van der Waals surface area contributed by atoms with Gasteiger partial charge in [0, 0.05) is 23.4 Å². The number of benzene rings is 3. The lowest BCUT2D eigenvalue weighted by Crippen LogP contribution is -2.30. The van der Waals surface area contributed by atoms with E-state index in [1.807, 2.05) is 28.8 Å². The Labute approximate surface area is 181 Å². The molecule has 0 bridgehead atoms. The summed E-state index contributed by atoms with van der Waals surface area (Å²) in [5.41, 5.74) is 3.41. The number of ether oxygens (including phenoxy) is 2. The van der Waals surface area contributed by atoms with Crippen LogP contribution in [0.3, 0.4) is 0 Å². The van der Waals surface area contributed by atoms with Crippen LogP contribution in [0.2, 0.25) is 0 Å². The Kier molecular flexibility index (Phi) is 4.94. The maximum atomic E-state index is 8.98. The van der Waals surface area contributed by atoms with E-state index in [9.17, 15) is 0 Å². The quantitative estimate of drug-likeness (QED) is 0.409. The Hall–Kier alpha value is -3.60. The van der Waals surface area contributed by atoms with Crippen molar-refractivity contribution in [1.29, 1.82) is 5.41 Å². The number of unbranched alkanes of at least 4 members (excludes halogenated alkanes) is 1. The molecule has 0 saturated heterocycles. The highest BCUT2D eigenvalue weighted by Crippen LogP contribution is 2.47. The number of hydrogen-bond acceptors (Lipinski definition) is 4. The molecule has 2 heterocycles. The van der Waals surface area contributed by atoms with E-state index in [0.29, 0.717) is 11.4 Å². The lowest BCUT2D eigenvalue weighted by Gasteiger charge is -2.29. The SMILES string of the molecule is CCCCn1cnc2c(c1=N)[C@@H](c1ccc(OC)cc1)c1ccc3ccccc3c1O2. The van der Waals surface area contributed by atoms with Crippen molar-refractivity contribution >= 4 is 10.8 Å². The smallest absolute Gasteiger partial charge is 0.228 e. The summed E-state index contributed by atoms with van der Waals surface area (Å²) in [6, 6.07) is 20.6. The molecule has 0 aliphatic carbocycles. The molecule has 31 heavy (non-hydrogen) atoms. The molecule has 0 radical (unpaired) electrons. The van der Waals surface area contributed by atoms with Crippen molar-refractivity contribution in [3.05, 3.63) is 89.2 Å². The van der Waals surface area contributed by atoms with Gasteiger partial charge in [-0.25, -0.2) is 4.98 Å². The zero-order valence-electron chi connectivity index (χ0n) is 17.8. The molecule has 5 heteroatoms. The number of aryl methyl sites for hydroxylation is 1. The van der Waals surface area contributed by atoms with Crippen molar-refractivity contribution in [2.24, 2.45) is 0 Å². The van der Waals surface area contributed by atoms with Crippen LogP contribution in [0.15, 0.2) is 67.0 Å². The number of methoxy groups -OCH3 is 1. The molecule has 1 aromatic heterocycles. The molecule has 1 atom stereocenters. The minimum Gasteiger partial charge on any atom is -0.497 e.